The van der Waals surface area contributed by atoms with Crippen molar-refractivity contribution in [1.82, 2.24) is 0 Å². The molecule has 1 heterocycles. The Kier molecular flexibility index (Phi) is 4.73. The van der Waals surface area contributed by atoms with Crippen LogP contribution in [-0.4, -0.2) is 18.7 Å². The van der Waals surface area contributed by atoms with E-state index in [0.29, 0.717) is 12.1 Å². The molecule has 2 aromatic carbocycles. The molecule has 1 atom stereocenters. The fourth-order valence-corrected chi connectivity index (χ4v) is 2.95. The first-order valence-corrected chi connectivity index (χ1v) is 7.92. The highest BCUT2D eigenvalue weighted by Crippen LogP contribution is 2.49. The Labute approximate surface area is 158 Å². The molecule has 1 N–H and O–H groups in total. The van der Waals surface area contributed by atoms with E-state index >= 15 is 4.39 Å². The molecule has 0 bridgehead atoms. The lowest BCUT2D eigenvalue weighted by molar-refractivity contribution is -0.153. The first kappa shape index (κ1) is 20.2. The summed E-state index contributed by atoms with van der Waals surface area (Å²) >= 11 is 5.78. The number of hydrogen-bond donors (Lipinski definition) is 1. The van der Waals surface area contributed by atoms with Gasteiger partial charge < -0.3 is 10.1 Å². The van der Waals surface area contributed by atoms with Gasteiger partial charge in [-0.2, -0.15) is 26.3 Å². The van der Waals surface area contributed by atoms with Crippen molar-refractivity contribution in [3.8, 4) is 5.75 Å². The Morgan fingerprint density at radius 2 is 1.68 bits per heavy atom. The lowest BCUT2D eigenvalue weighted by Crippen LogP contribution is -2.32. The van der Waals surface area contributed by atoms with Crippen LogP contribution in [0.4, 0.5) is 36.4 Å². The van der Waals surface area contributed by atoms with E-state index in [1.165, 1.54) is 0 Å². The summed E-state index contributed by atoms with van der Waals surface area (Å²) in [5.41, 5.74) is -5.82. The summed E-state index contributed by atoms with van der Waals surface area (Å²) in [6.45, 7) is -1.76. The SMILES string of the molecule is O=C1Nc2cc(C(F)(F)F)ccc2C1(F)c1cc(Cl)ccc1OCC(F)(F)F. The van der Waals surface area contributed by atoms with Crippen LogP contribution in [0.1, 0.15) is 16.7 Å². The molecular weight excluding hydrogens is 419 g/mol. The number of benzene rings is 2. The Hall–Kier alpha value is -2.49. The number of carbonyl (C=O) groups excluding carboxylic acids is 1. The third kappa shape index (κ3) is 3.60. The number of fused-ring (bicyclic) bond motifs is 1. The Morgan fingerprint density at radius 3 is 2.29 bits per heavy atom. The molecule has 3 nitrogen and oxygen atoms in total. The zero-order valence-electron chi connectivity index (χ0n) is 13.5. The number of anilines is 1. The van der Waals surface area contributed by atoms with Crippen LogP contribution in [0.25, 0.3) is 0 Å². The minimum absolute atomic E-state index is 0.112. The van der Waals surface area contributed by atoms with Gasteiger partial charge in [-0.25, -0.2) is 4.39 Å². The maximum Gasteiger partial charge on any atom is 0.422 e. The fraction of sp³-hybridized carbons (Fsp3) is 0.235. The standard InChI is InChI=1S/C17H9ClF7NO2/c18-9-2-4-13(28-7-15(19,20)21)11(6-9)16(22)10-3-1-8(17(23,24)25)5-12(10)26-14(16)27/h1-6H,7H2,(H,26,27). The first-order chi connectivity index (χ1) is 12.8. The van der Waals surface area contributed by atoms with Gasteiger partial charge in [-0.15, -0.1) is 0 Å². The summed E-state index contributed by atoms with van der Waals surface area (Å²) in [6.07, 6.45) is -9.48. The van der Waals surface area contributed by atoms with Gasteiger partial charge in [0.1, 0.15) is 5.75 Å². The lowest BCUT2D eigenvalue weighted by atomic mass is 9.88. The summed E-state index contributed by atoms with van der Waals surface area (Å²) < 4.78 is 96.3. The van der Waals surface area contributed by atoms with Gasteiger partial charge in [-0.1, -0.05) is 17.7 Å². The highest BCUT2D eigenvalue weighted by atomic mass is 35.5. The predicted molar refractivity (Wildman–Crippen MR) is 85.0 cm³/mol. The monoisotopic (exact) mass is 427 g/mol. The van der Waals surface area contributed by atoms with Crippen LogP contribution in [0.3, 0.4) is 0 Å². The van der Waals surface area contributed by atoms with E-state index in [1.807, 2.05) is 5.32 Å². The summed E-state index contributed by atoms with van der Waals surface area (Å²) in [5, 5.41) is 1.87. The van der Waals surface area contributed by atoms with Crippen molar-refractivity contribution < 1.29 is 40.3 Å². The van der Waals surface area contributed by atoms with Gasteiger partial charge in [0.25, 0.3) is 5.91 Å². The second-order valence-electron chi connectivity index (χ2n) is 5.92. The largest absolute Gasteiger partial charge is 0.484 e. The van der Waals surface area contributed by atoms with Crippen molar-refractivity contribution in [2.75, 3.05) is 11.9 Å². The molecule has 0 radical (unpaired) electrons. The molecule has 3 rings (SSSR count). The quantitative estimate of drug-likeness (QED) is 0.660. The average molecular weight is 428 g/mol. The van der Waals surface area contributed by atoms with Gasteiger partial charge in [0, 0.05) is 21.8 Å². The molecule has 1 aliphatic heterocycles. The second kappa shape index (κ2) is 6.54. The van der Waals surface area contributed by atoms with E-state index in [-0.39, 0.29) is 5.02 Å². The molecule has 11 heteroatoms. The number of hydrogen-bond acceptors (Lipinski definition) is 2. The van der Waals surface area contributed by atoms with E-state index in [4.69, 9.17) is 11.6 Å². The molecule has 0 saturated heterocycles. The molecular formula is C17H9ClF7NO2. The number of ether oxygens (including phenoxy) is 1. The maximum atomic E-state index is 15.8. The maximum absolute atomic E-state index is 15.8. The zero-order valence-corrected chi connectivity index (χ0v) is 14.3. The normalized spacial score (nSPS) is 19.4. The van der Waals surface area contributed by atoms with E-state index in [2.05, 4.69) is 4.74 Å². The highest BCUT2D eigenvalue weighted by Gasteiger charge is 2.52. The molecule has 150 valence electrons. The van der Waals surface area contributed by atoms with E-state index in [1.54, 1.807) is 0 Å². The third-order valence-electron chi connectivity index (χ3n) is 3.98. The Bertz CT molecular complexity index is 942. The van der Waals surface area contributed by atoms with Crippen molar-refractivity contribution >= 4 is 23.2 Å². The predicted octanol–water partition coefficient (Wildman–Crippen LogP) is 5.47. The molecule has 0 fully saturated rings. The molecule has 1 aliphatic rings. The minimum Gasteiger partial charge on any atom is -0.484 e. The summed E-state index contributed by atoms with van der Waals surface area (Å²) in [4.78, 5) is 12.3. The minimum atomic E-state index is -4.74. The van der Waals surface area contributed by atoms with Crippen LogP contribution < -0.4 is 10.1 Å². The molecule has 0 aliphatic carbocycles. The van der Waals surface area contributed by atoms with Gasteiger partial charge in [-0.05, 0) is 30.3 Å². The van der Waals surface area contributed by atoms with Crippen LogP contribution in [0.15, 0.2) is 36.4 Å². The van der Waals surface area contributed by atoms with Gasteiger partial charge in [0.2, 0.25) is 5.67 Å². The molecule has 1 amide bonds. The zero-order chi connectivity index (χ0) is 20.9. The molecule has 28 heavy (non-hydrogen) atoms. The Morgan fingerprint density at radius 1 is 1.00 bits per heavy atom. The number of rotatable bonds is 3. The van der Waals surface area contributed by atoms with Gasteiger partial charge in [-0.3, -0.25) is 4.79 Å². The van der Waals surface area contributed by atoms with Gasteiger partial charge >= 0.3 is 12.4 Å². The summed E-state index contributed by atoms with van der Waals surface area (Å²) in [6, 6.07) is 4.80. The highest BCUT2D eigenvalue weighted by molar-refractivity contribution is 6.30. The molecule has 0 spiro atoms. The Balaban J connectivity index is 2.12. The first-order valence-electron chi connectivity index (χ1n) is 7.54. The molecule has 0 aromatic heterocycles. The number of halogens is 8. The van der Waals surface area contributed by atoms with Crippen LogP contribution in [0, 0.1) is 0 Å². The smallest absolute Gasteiger partial charge is 0.422 e. The fourth-order valence-electron chi connectivity index (χ4n) is 2.78. The van der Waals surface area contributed by atoms with E-state index in [0.717, 1.165) is 24.3 Å². The molecule has 2 aromatic rings. The summed E-state index contributed by atoms with van der Waals surface area (Å²) in [5.74, 6) is -1.99. The van der Waals surface area contributed by atoms with Crippen LogP contribution in [0.2, 0.25) is 5.02 Å². The topological polar surface area (TPSA) is 38.3 Å². The number of nitrogens with one attached hydrogen (secondary N) is 1. The van der Waals surface area contributed by atoms with Gasteiger partial charge in [0.05, 0.1) is 5.56 Å². The molecule has 1 unspecified atom stereocenters. The van der Waals surface area contributed by atoms with Crippen molar-refractivity contribution in [3.63, 3.8) is 0 Å². The van der Waals surface area contributed by atoms with E-state index in [9.17, 15) is 31.1 Å². The van der Waals surface area contributed by atoms with Crippen LogP contribution >= 0.6 is 11.6 Å². The third-order valence-corrected chi connectivity index (χ3v) is 4.22. The van der Waals surface area contributed by atoms with Crippen LogP contribution in [0.5, 0.6) is 5.75 Å². The summed E-state index contributed by atoms with van der Waals surface area (Å²) in [7, 11) is 0. The number of amides is 1. The van der Waals surface area contributed by atoms with E-state index < -0.39 is 58.7 Å². The number of alkyl halides is 7. The lowest BCUT2D eigenvalue weighted by Gasteiger charge is -2.22. The second-order valence-corrected chi connectivity index (χ2v) is 6.35. The molecule has 0 saturated carbocycles. The van der Waals surface area contributed by atoms with Crippen molar-refractivity contribution in [1.29, 1.82) is 0 Å². The van der Waals surface area contributed by atoms with Gasteiger partial charge in [0.15, 0.2) is 6.61 Å². The van der Waals surface area contributed by atoms with Crippen molar-refractivity contribution in [2.24, 2.45) is 0 Å². The van der Waals surface area contributed by atoms with Crippen molar-refractivity contribution in [3.05, 3.63) is 58.1 Å². The number of carbonyl (C=O) groups is 1. The van der Waals surface area contributed by atoms with Crippen LogP contribution in [-0.2, 0) is 16.6 Å². The van der Waals surface area contributed by atoms with Crippen molar-refractivity contribution in [2.45, 2.75) is 18.0 Å². The average Bonchev–Trinajstić information content (AvgIpc) is 2.83.